The molecule has 0 aliphatic rings. The molecule has 0 bridgehead atoms. The molecule has 1 aromatic heterocycles. The van der Waals surface area contributed by atoms with E-state index in [1.807, 2.05) is 54.6 Å². The number of nitrogens with two attached hydrogens (primary N) is 1. The second-order valence-corrected chi connectivity index (χ2v) is 6.39. The lowest BCUT2D eigenvalue weighted by Crippen LogP contribution is -2.04. The van der Waals surface area contributed by atoms with Gasteiger partial charge in [0.15, 0.2) is 5.82 Å². The summed E-state index contributed by atoms with van der Waals surface area (Å²) < 4.78 is 6.04. The summed E-state index contributed by atoms with van der Waals surface area (Å²) >= 11 is 0. The van der Waals surface area contributed by atoms with Gasteiger partial charge in [-0.3, -0.25) is 0 Å². The topological polar surface area (TPSA) is 73.1 Å². The molecular formula is C22H20N4O. The number of hydrogen-bond donors (Lipinski definition) is 2. The van der Waals surface area contributed by atoms with E-state index >= 15 is 0 Å². The lowest BCUT2D eigenvalue weighted by atomic mass is 10.1. The first-order valence-corrected chi connectivity index (χ1v) is 8.73. The van der Waals surface area contributed by atoms with Gasteiger partial charge in [-0.25, -0.2) is 4.98 Å². The number of aromatic nitrogens is 2. The van der Waals surface area contributed by atoms with Crippen LogP contribution in [0.1, 0.15) is 11.1 Å². The molecule has 0 amide bonds. The molecule has 1 heterocycles. The van der Waals surface area contributed by atoms with Crippen LogP contribution in [-0.2, 0) is 0 Å². The van der Waals surface area contributed by atoms with Crippen LogP contribution in [0.4, 0.5) is 17.2 Å². The molecule has 0 aliphatic heterocycles. The van der Waals surface area contributed by atoms with Crippen molar-refractivity contribution in [2.45, 2.75) is 13.8 Å². The van der Waals surface area contributed by atoms with Crippen molar-refractivity contribution in [2.75, 3.05) is 11.1 Å². The zero-order chi connectivity index (χ0) is 18.8. The van der Waals surface area contributed by atoms with Crippen LogP contribution in [0.25, 0.3) is 10.8 Å². The zero-order valence-electron chi connectivity index (χ0n) is 15.2. The van der Waals surface area contributed by atoms with E-state index < -0.39 is 0 Å². The van der Waals surface area contributed by atoms with E-state index in [4.69, 9.17) is 10.5 Å². The average Bonchev–Trinajstić information content (AvgIpc) is 2.69. The van der Waals surface area contributed by atoms with Gasteiger partial charge in [0, 0.05) is 11.1 Å². The normalized spacial score (nSPS) is 10.7. The van der Waals surface area contributed by atoms with Gasteiger partial charge in [-0.1, -0.05) is 48.5 Å². The molecule has 27 heavy (non-hydrogen) atoms. The minimum atomic E-state index is 0.328. The Kier molecular flexibility index (Phi) is 4.34. The maximum Gasteiger partial charge on any atom is 0.248 e. The van der Waals surface area contributed by atoms with Crippen LogP contribution in [0.15, 0.2) is 67.0 Å². The number of nitrogens with one attached hydrogen (secondary N) is 1. The molecule has 5 heteroatoms. The molecule has 0 saturated heterocycles. The smallest absolute Gasteiger partial charge is 0.248 e. The highest BCUT2D eigenvalue weighted by atomic mass is 16.5. The van der Waals surface area contributed by atoms with Crippen molar-refractivity contribution in [3.8, 4) is 11.6 Å². The summed E-state index contributed by atoms with van der Waals surface area (Å²) in [5.74, 6) is 1.55. The Bertz CT molecular complexity index is 1120. The lowest BCUT2D eigenvalue weighted by molar-refractivity contribution is 0.470. The monoisotopic (exact) mass is 356 g/mol. The molecule has 4 rings (SSSR count). The second-order valence-electron chi connectivity index (χ2n) is 6.39. The van der Waals surface area contributed by atoms with Crippen LogP contribution in [-0.4, -0.2) is 9.97 Å². The van der Waals surface area contributed by atoms with E-state index in [0.717, 1.165) is 22.0 Å². The van der Waals surface area contributed by atoms with Crippen LogP contribution >= 0.6 is 0 Å². The predicted molar refractivity (Wildman–Crippen MR) is 110 cm³/mol. The minimum absolute atomic E-state index is 0.328. The van der Waals surface area contributed by atoms with Crippen LogP contribution in [0.3, 0.4) is 0 Å². The van der Waals surface area contributed by atoms with Gasteiger partial charge in [-0.05, 0) is 42.5 Å². The summed E-state index contributed by atoms with van der Waals surface area (Å²) in [5, 5.41) is 5.38. The second kappa shape index (κ2) is 6.96. The lowest BCUT2D eigenvalue weighted by Gasteiger charge is -2.14. The number of ether oxygens (including phenoxy) is 1. The zero-order valence-corrected chi connectivity index (χ0v) is 15.2. The highest BCUT2D eigenvalue weighted by Crippen LogP contribution is 2.34. The quantitative estimate of drug-likeness (QED) is 0.514. The molecule has 5 nitrogen and oxygen atoms in total. The van der Waals surface area contributed by atoms with Crippen molar-refractivity contribution in [1.29, 1.82) is 0 Å². The third kappa shape index (κ3) is 3.27. The Morgan fingerprint density at radius 2 is 1.67 bits per heavy atom. The molecule has 0 fully saturated rings. The highest BCUT2D eigenvalue weighted by molar-refractivity contribution is 5.88. The molecule has 0 aliphatic carbocycles. The fourth-order valence-electron chi connectivity index (χ4n) is 2.96. The van der Waals surface area contributed by atoms with Gasteiger partial charge >= 0.3 is 0 Å². The van der Waals surface area contributed by atoms with E-state index in [2.05, 4.69) is 35.2 Å². The van der Waals surface area contributed by atoms with E-state index in [9.17, 15) is 0 Å². The summed E-state index contributed by atoms with van der Waals surface area (Å²) in [6.07, 6.45) is 1.45. The maximum absolute atomic E-state index is 6.30. The first-order valence-electron chi connectivity index (χ1n) is 8.73. The molecule has 0 saturated carbocycles. The Morgan fingerprint density at radius 3 is 2.56 bits per heavy atom. The standard InChI is InChI=1S/C22H20N4O/c1-14-7-5-11-18(15(14)2)26-21-20(23)22(25-13-24-21)27-19-12-6-9-16-8-3-4-10-17(16)19/h3-13H,23H2,1-2H3,(H,24,25,26). The van der Waals surface area contributed by atoms with Gasteiger partial charge in [-0.15, -0.1) is 0 Å². The third-order valence-corrected chi connectivity index (χ3v) is 4.66. The third-order valence-electron chi connectivity index (χ3n) is 4.66. The summed E-state index contributed by atoms with van der Waals surface area (Å²) in [6.45, 7) is 4.13. The van der Waals surface area contributed by atoms with E-state index in [0.29, 0.717) is 23.1 Å². The van der Waals surface area contributed by atoms with Gasteiger partial charge in [0.2, 0.25) is 5.88 Å². The Balaban J connectivity index is 1.69. The van der Waals surface area contributed by atoms with Gasteiger partial charge in [0.1, 0.15) is 17.8 Å². The predicted octanol–water partition coefficient (Wildman–Crippen LogP) is 5.36. The van der Waals surface area contributed by atoms with E-state index in [-0.39, 0.29) is 0 Å². The number of benzene rings is 3. The Morgan fingerprint density at radius 1 is 0.889 bits per heavy atom. The molecule has 3 N–H and O–H groups in total. The number of nitrogens with zero attached hydrogens (tertiary/aromatic N) is 2. The number of rotatable bonds is 4. The van der Waals surface area contributed by atoms with Crippen LogP contribution in [0, 0.1) is 13.8 Å². The molecule has 0 atom stereocenters. The van der Waals surface area contributed by atoms with Gasteiger partial charge in [0.05, 0.1) is 0 Å². The molecular weight excluding hydrogens is 336 g/mol. The Hall–Kier alpha value is -3.60. The fraction of sp³-hybridized carbons (Fsp3) is 0.0909. The number of anilines is 3. The molecule has 4 aromatic rings. The van der Waals surface area contributed by atoms with Gasteiger partial charge in [-0.2, -0.15) is 4.98 Å². The number of fused-ring (bicyclic) bond motifs is 1. The van der Waals surface area contributed by atoms with Crippen LogP contribution in [0.5, 0.6) is 11.6 Å². The first-order chi connectivity index (χ1) is 13.1. The SMILES string of the molecule is Cc1cccc(Nc2ncnc(Oc3cccc4ccccc34)c2N)c1C. The number of hydrogen-bond acceptors (Lipinski definition) is 5. The molecule has 134 valence electrons. The molecule has 3 aromatic carbocycles. The summed E-state index contributed by atoms with van der Waals surface area (Å²) in [5.41, 5.74) is 9.96. The van der Waals surface area contributed by atoms with E-state index in [1.165, 1.54) is 11.9 Å². The van der Waals surface area contributed by atoms with Crippen LogP contribution < -0.4 is 15.8 Å². The van der Waals surface area contributed by atoms with Gasteiger partial charge in [0.25, 0.3) is 0 Å². The highest BCUT2D eigenvalue weighted by Gasteiger charge is 2.13. The molecule has 0 radical (unpaired) electrons. The summed E-state index contributed by atoms with van der Waals surface area (Å²) in [4.78, 5) is 8.51. The number of nitrogen functional groups attached to an aromatic ring is 1. The van der Waals surface area contributed by atoms with Crippen molar-refractivity contribution in [3.63, 3.8) is 0 Å². The van der Waals surface area contributed by atoms with Crippen LogP contribution in [0.2, 0.25) is 0 Å². The summed E-state index contributed by atoms with van der Waals surface area (Å²) in [7, 11) is 0. The minimum Gasteiger partial charge on any atom is -0.436 e. The van der Waals surface area contributed by atoms with Crippen molar-refractivity contribution in [2.24, 2.45) is 0 Å². The summed E-state index contributed by atoms with van der Waals surface area (Å²) in [6, 6.07) is 20.0. The molecule has 0 unspecified atom stereocenters. The van der Waals surface area contributed by atoms with Crippen molar-refractivity contribution in [3.05, 3.63) is 78.1 Å². The van der Waals surface area contributed by atoms with Crippen molar-refractivity contribution < 1.29 is 4.74 Å². The maximum atomic E-state index is 6.30. The first kappa shape index (κ1) is 16.8. The van der Waals surface area contributed by atoms with Gasteiger partial charge < -0.3 is 15.8 Å². The average molecular weight is 356 g/mol. The largest absolute Gasteiger partial charge is 0.436 e. The van der Waals surface area contributed by atoms with Crippen molar-refractivity contribution >= 4 is 28.0 Å². The molecule has 0 spiro atoms. The fourth-order valence-corrected chi connectivity index (χ4v) is 2.96. The van der Waals surface area contributed by atoms with E-state index in [1.54, 1.807) is 0 Å². The van der Waals surface area contributed by atoms with Crippen molar-refractivity contribution in [1.82, 2.24) is 9.97 Å². The number of aryl methyl sites for hydroxylation is 1. The Labute approximate surface area is 157 Å².